The molecule has 2 heterocycles. The zero-order valence-corrected chi connectivity index (χ0v) is 15.0. The maximum Gasteiger partial charge on any atom is 0.225 e. The molecular formula is C20H24N4O2. The summed E-state index contributed by atoms with van der Waals surface area (Å²) in [5, 5.41) is 2.90. The minimum Gasteiger partial charge on any atom is -0.368 e. The summed E-state index contributed by atoms with van der Waals surface area (Å²) in [4.78, 5) is 32.5. The fraction of sp³-hybridized carbons (Fsp3) is 0.350. The Balaban J connectivity index is 1.59. The van der Waals surface area contributed by atoms with Crippen molar-refractivity contribution in [1.82, 2.24) is 15.2 Å². The third kappa shape index (κ3) is 4.59. The van der Waals surface area contributed by atoms with E-state index >= 15 is 0 Å². The number of nitrogens with one attached hydrogen (secondary N) is 1. The third-order valence-electron chi connectivity index (χ3n) is 4.62. The lowest BCUT2D eigenvalue weighted by Crippen LogP contribution is -2.49. The highest BCUT2D eigenvalue weighted by Gasteiger charge is 2.24. The van der Waals surface area contributed by atoms with E-state index in [2.05, 4.69) is 15.2 Å². The fourth-order valence-electron chi connectivity index (χ4n) is 3.26. The second-order valence-electron chi connectivity index (χ2n) is 6.44. The maximum absolute atomic E-state index is 12.8. The first kappa shape index (κ1) is 17.9. The average molecular weight is 352 g/mol. The van der Waals surface area contributed by atoms with Gasteiger partial charge in [-0.25, -0.2) is 0 Å². The van der Waals surface area contributed by atoms with Crippen LogP contribution in [0.3, 0.4) is 0 Å². The Kier molecular flexibility index (Phi) is 5.84. The number of anilines is 1. The minimum atomic E-state index is -0.292. The SMILES string of the molecule is CC(=O)NC(CC(=O)N1CCN(c2ccncc2)CC1)c1ccccc1. The second kappa shape index (κ2) is 8.47. The number of aromatic nitrogens is 1. The van der Waals surface area contributed by atoms with Crippen molar-refractivity contribution in [2.24, 2.45) is 0 Å². The normalized spacial score (nSPS) is 15.4. The maximum atomic E-state index is 12.8. The van der Waals surface area contributed by atoms with Gasteiger partial charge in [-0.1, -0.05) is 30.3 Å². The van der Waals surface area contributed by atoms with Crippen LogP contribution < -0.4 is 10.2 Å². The van der Waals surface area contributed by atoms with Crippen molar-refractivity contribution < 1.29 is 9.59 Å². The third-order valence-corrected chi connectivity index (χ3v) is 4.62. The zero-order valence-electron chi connectivity index (χ0n) is 15.0. The van der Waals surface area contributed by atoms with E-state index in [0.717, 1.165) is 24.3 Å². The Bertz CT molecular complexity index is 728. The molecule has 1 saturated heterocycles. The summed E-state index contributed by atoms with van der Waals surface area (Å²) >= 11 is 0. The Morgan fingerprint density at radius 2 is 1.69 bits per heavy atom. The average Bonchev–Trinajstić information content (AvgIpc) is 2.68. The molecule has 1 fully saturated rings. The Morgan fingerprint density at radius 3 is 2.31 bits per heavy atom. The molecule has 1 aromatic carbocycles. The molecule has 2 amide bonds. The fourth-order valence-corrected chi connectivity index (χ4v) is 3.26. The molecule has 6 nitrogen and oxygen atoms in total. The van der Waals surface area contributed by atoms with Crippen LogP contribution in [0.2, 0.25) is 0 Å². The Morgan fingerprint density at radius 1 is 1.04 bits per heavy atom. The lowest BCUT2D eigenvalue weighted by atomic mass is 10.0. The first-order valence-electron chi connectivity index (χ1n) is 8.88. The molecule has 1 atom stereocenters. The van der Waals surface area contributed by atoms with Crippen LogP contribution in [0.15, 0.2) is 54.9 Å². The number of amides is 2. The van der Waals surface area contributed by atoms with Crippen molar-refractivity contribution in [3.63, 3.8) is 0 Å². The molecule has 0 aliphatic carbocycles. The molecule has 0 spiro atoms. The van der Waals surface area contributed by atoms with E-state index in [-0.39, 0.29) is 24.3 Å². The molecule has 2 aromatic rings. The lowest BCUT2D eigenvalue weighted by Gasteiger charge is -2.36. The minimum absolute atomic E-state index is 0.0713. The topological polar surface area (TPSA) is 65.5 Å². The van der Waals surface area contributed by atoms with Gasteiger partial charge in [0.15, 0.2) is 0 Å². The number of piperazine rings is 1. The van der Waals surface area contributed by atoms with Crippen LogP contribution in [-0.2, 0) is 9.59 Å². The molecule has 1 aliphatic heterocycles. The first-order valence-corrected chi connectivity index (χ1v) is 8.88. The molecule has 26 heavy (non-hydrogen) atoms. The van der Waals surface area contributed by atoms with Crippen LogP contribution in [0.25, 0.3) is 0 Å². The van der Waals surface area contributed by atoms with Gasteiger partial charge in [0, 0.05) is 51.2 Å². The highest BCUT2D eigenvalue weighted by atomic mass is 16.2. The van der Waals surface area contributed by atoms with E-state index in [9.17, 15) is 9.59 Å². The van der Waals surface area contributed by atoms with Gasteiger partial charge in [-0.05, 0) is 17.7 Å². The molecule has 1 unspecified atom stereocenters. The molecule has 0 bridgehead atoms. The van der Waals surface area contributed by atoms with Gasteiger partial charge in [-0.15, -0.1) is 0 Å². The monoisotopic (exact) mass is 352 g/mol. The number of rotatable bonds is 5. The van der Waals surface area contributed by atoms with Gasteiger partial charge in [0.1, 0.15) is 0 Å². The summed E-state index contributed by atoms with van der Waals surface area (Å²) in [7, 11) is 0. The number of benzene rings is 1. The predicted octanol–water partition coefficient (Wildman–Crippen LogP) is 2.00. The molecule has 0 radical (unpaired) electrons. The molecule has 1 aliphatic rings. The molecule has 1 aromatic heterocycles. The lowest BCUT2D eigenvalue weighted by molar-refractivity contribution is -0.132. The number of hydrogen-bond donors (Lipinski definition) is 1. The number of hydrogen-bond acceptors (Lipinski definition) is 4. The Labute approximate surface area is 153 Å². The number of carbonyl (C=O) groups is 2. The molecule has 3 rings (SSSR count). The van der Waals surface area contributed by atoms with Crippen molar-refractivity contribution in [2.45, 2.75) is 19.4 Å². The van der Waals surface area contributed by atoms with Crippen molar-refractivity contribution >= 4 is 17.5 Å². The second-order valence-corrected chi connectivity index (χ2v) is 6.44. The van der Waals surface area contributed by atoms with Gasteiger partial charge in [0.25, 0.3) is 0 Å². The van der Waals surface area contributed by atoms with Crippen LogP contribution in [0.5, 0.6) is 0 Å². The Hall–Kier alpha value is -2.89. The van der Waals surface area contributed by atoms with Gasteiger partial charge in [-0.3, -0.25) is 14.6 Å². The standard InChI is InChI=1S/C20H24N4O2/c1-16(25)22-19(17-5-3-2-4-6-17)15-20(26)24-13-11-23(12-14-24)18-7-9-21-10-8-18/h2-10,19H,11-15H2,1H3,(H,22,25). The largest absolute Gasteiger partial charge is 0.368 e. The molecule has 0 saturated carbocycles. The summed E-state index contributed by atoms with van der Waals surface area (Å²) in [6, 6.07) is 13.3. The summed E-state index contributed by atoms with van der Waals surface area (Å²) in [6.07, 6.45) is 3.84. The number of carbonyl (C=O) groups excluding carboxylic acids is 2. The van der Waals surface area contributed by atoms with Crippen molar-refractivity contribution in [2.75, 3.05) is 31.1 Å². The molecule has 1 N–H and O–H groups in total. The predicted molar refractivity (Wildman–Crippen MR) is 101 cm³/mol. The quantitative estimate of drug-likeness (QED) is 0.894. The number of nitrogens with zero attached hydrogens (tertiary/aromatic N) is 3. The van der Waals surface area contributed by atoms with E-state index in [1.807, 2.05) is 47.4 Å². The highest BCUT2D eigenvalue weighted by Crippen LogP contribution is 2.20. The van der Waals surface area contributed by atoms with Crippen molar-refractivity contribution in [3.8, 4) is 0 Å². The van der Waals surface area contributed by atoms with E-state index < -0.39 is 0 Å². The summed E-state index contributed by atoms with van der Waals surface area (Å²) in [5.74, 6) is -0.0591. The smallest absolute Gasteiger partial charge is 0.225 e. The van der Waals surface area contributed by atoms with Crippen LogP contribution in [0, 0.1) is 0 Å². The van der Waals surface area contributed by atoms with Crippen molar-refractivity contribution in [1.29, 1.82) is 0 Å². The van der Waals surface area contributed by atoms with Crippen LogP contribution in [0.1, 0.15) is 24.9 Å². The van der Waals surface area contributed by atoms with Crippen LogP contribution in [-0.4, -0.2) is 47.9 Å². The molecule has 6 heteroatoms. The summed E-state index contributed by atoms with van der Waals surface area (Å²) < 4.78 is 0. The van der Waals surface area contributed by atoms with Gasteiger partial charge in [0.05, 0.1) is 12.5 Å². The van der Waals surface area contributed by atoms with Crippen LogP contribution >= 0.6 is 0 Å². The van der Waals surface area contributed by atoms with Gasteiger partial charge in [-0.2, -0.15) is 0 Å². The highest BCUT2D eigenvalue weighted by molar-refractivity contribution is 5.79. The summed E-state index contributed by atoms with van der Waals surface area (Å²) in [6.45, 7) is 4.44. The van der Waals surface area contributed by atoms with E-state index in [4.69, 9.17) is 0 Å². The van der Waals surface area contributed by atoms with Gasteiger partial charge < -0.3 is 15.1 Å². The molecule has 136 valence electrons. The van der Waals surface area contributed by atoms with E-state index in [1.165, 1.54) is 6.92 Å². The first-order chi connectivity index (χ1) is 12.6. The van der Waals surface area contributed by atoms with E-state index in [1.54, 1.807) is 12.4 Å². The van der Waals surface area contributed by atoms with E-state index in [0.29, 0.717) is 13.1 Å². The molecular weight excluding hydrogens is 328 g/mol. The van der Waals surface area contributed by atoms with Gasteiger partial charge >= 0.3 is 0 Å². The van der Waals surface area contributed by atoms with Crippen molar-refractivity contribution in [3.05, 3.63) is 60.4 Å². The van der Waals surface area contributed by atoms with Crippen LogP contribution in [0.4, 0.5) is 5.69 Å². The summed E-state index contributed by atoms with van der Waals surface area (Å²) in [5.41, 5.74) is 2.08. The zero-order chi connectivity index (χ0) is 18.4. The van der Waals surface area contributed by atoms with Gasteiger partial charge in [0.2, 0.25) is 11.8 Å². The number of pyridine rings is 1.